The van der Waals surface area contributed by atoms with Crippen LogP contribution in [0.3, 0.4) is 0 Å². The van der Waals surface area contributed by atoms with Gasteiger partial charge in [0.05, 0.1) is 31.6 Å². The normalized spacial score (nSPS) is 18.6. The summed E-state index contributed by atoms with van der Waals surface area (Å²) in [5, 5.41) is 4.13. The fourth-order valence-corrected chi connectivity index (χ4v) is 4.37. The van der Waals surface area contributed by atoms with Crippen molar-refractivity contribution >= 4 is 23.0 Å². The van der Waals surface area contributed by atoms with Crippen LogP contribution in [0, 0.1) is 0 Å². The van der Waals surface area contributed by atoms with Gasteiger partial charge in [-0.15, -0.1) is 0 Å². The lowest BCUT2D eigenvalue weighted by molar-refractivity contribution is 0.394. The van der Waals surface area contributed by atoms with E-state index in [2.05, 4.69) is 51.9 Å². The van der Waals surface area contributed by atoms with Gasteiger partial charge in [0.25, 0.3) is 0 Å². The minimum Gasteiger partial charge on any atom is -0.497 e. The van der Waals surface area contributed by atoms with Gasteiger partial charge in [0.15, 0.2) is 5.11 Å². The molecule has 0 bridgehead atoms. The van der Waals surface area contributed by atoms with Gasteiger partial charge in [-0.3, -0.25) is 4.98 Å². The molecule has 0 amide bonds. The summed E-state index contributed by atoms with van der Waals surface area (Å²) in [6.07, 6.45) is 3.93. The zero-order chi connectivity index (χ0) is 21.3. The van der Waals surface area contributed by atoms with E-state index >= 15 is 0 Å². The molecule has 1 aliphatic rings. The van der Waals surface area contributed by atoms with E-state index in [1.807, 2.05) is 42.6 Å². The Morgan fingerprint density at radius 3 is 2.57 bits per heavy atom. The van der Waals surface area contributed by atoms with Crippen molar-refractivity contribution in [1.29, 1.82) is 0 Å². The molecule has 1 aromatic carbocycles. The summed E-state index contributed by atoms with van der Waals surface area (Å²) in [5.41, 5.74) is 2.98. The van der Waals surface area contributed by atoms with Crippen LogP contribution in [-0.4, -0.2) is 28.9 Å². The van der Waals surface area contributed by atoms with Crippen LogP contribution in [0.5, 0.6) is 11.5 Å². The molecule has 0 unspecified atom stereocenters. The summed E-state index contributed by atoms with van der Waals surface area (Å²) in [4.78, 5) is 6.74. The summed E-state index contributed by atoms with van der Waals surface area (Å²) in [5.74, 6) is 1.44. The van der Waals surface area contributed by atoms with Crippen molar-refractivity contribution in [1.82, 2.24) is 14.9 Å². The van der Waals surface area contributed by atoms with Crippen LogP contribution >= 0.6 is 12.2 Å². The second-order valence-electron chi connectivity index (χ2n) is 7.47. The molecule has 0 spiro atoms. The highest BCUT2D eigenvalue weighted by Gasteiger charge is 2.43. The van der Waals surface area contributed by atoms with Crippen molar-refractivity contribution in [3.8, 4) is 11.5 Å². The molecule has 30 heavy (non-hydrogen) atoms. The summed E-state index contributed by atoms with van der Waals surface area (Å²) < 4.78 is 13.4. The number of thiocarbonyl (C=S) groups is 1. The van der Waals surface area contributed by atoms with Crippen molar-refractivity contribution in [2.45, 2.75) is 32.0 Å². The standard InChI is InChI=1S/C23H26N4O2S/c1-15(2)26-13-7-9-19(26)22-21(17-8-5-6-12-24-17)25-23(30)27(22)18-11-10-16(28-3)14-20(18)29-4/h5-15,21-22H,1-4H3,(H,25,30)/t21-,22+/m1/s1. The third kappa shape index (κ3) is 3.50. The summed E-state index contributed by atoms with van der Waals surface area (Å²) >= 11 is 5.82. The number of benzene rings is 1. The first-order chi connectivity index (χ1) is 14.5. The number of ether oxygens (including phenoxy) is 2. The molecule has 0 saturated carbocycles. The first kappa shape index (κ1) is 20.2. The summed E-state index contributed by atoms with van der Waals surface area (Å²) in [7, 11) is 3.30. The number of methoxy groups -OCH3 is 2. The Labute approximate surface area is 182 Å². The molecule has 7 heteroatoms. The van der Waals surface area contributed by atoms with Crippen LogP contribution in [0.4, 0.5) is 5.69 Å². The maximum absolute atomic E-state index is 5.82. The van der Waals surface area contributed by atoms with Crippen LogP contribution in [0.1, 0.15) is 43.4 Å². The zero-order valence-corrected chi connectivity index (χ0v) is 18.4. The predicted octanol–water partition coefficient (Wildman–Crippen LogP) is 4.66. The summed E-state index contributed by atoms with van der Waals surface area (Å²) in [6, 6.07) is 16.1. The van der Waals surface area contributed by atoms with Gasteiger partial charge in [-0.05, 0) is 62.5 Å². The molecule has 1 fully saturated rings. The molecular formula is C23H26N4O2S. The van der Waals surface area contributed by atoms with Gasteiger partial charge in [-0.25, -0.2) is 0 Å². The number of rotatable bonds is 6. The highest BCUT2D eigenvalue weighted by molar-refractivity contribution is 7.80. The van der Waals surface area contributed by atoms with Crippen LogP contribution in [-0.2, 0) is 0 Å². The van der Waals surface area contributed by atoms with Gasteiger partial charge in [-0.2, -0.15) is 0 Å². The SMILES string of the molecule is COc1ccc(N2C(=S)N[C@H](c3ccccn3)[C@@H]2c2cccn2C(C)C)c(OC)c1. The van der Waals surface area contributed by atoms with Crippen molar-refractivity contribution in [3.05, 3.63) is 72.3 Å². The lowest BCUT2D eigenvalue weighted by Gasteiger charge is -2.30. The molecule has 3 aromatic rings. The third-order valence-electron chi connectivity index (χ3n) is 5.42. The lowest BCUT2D eigenvalue weighted by atomic mass is 10.0. The molecule has 2 aromatic heterocycles. The Hall–Kier alpha value is -3.06. The zero-order valence-electron chi connectivity index (χ0n) is 17.6. The second kappa shape index (κ2) is 8.36. The Bertz CT molecular complexity index is 1030. The average Bonchev–Trinajstić information content (AvgIpc) is 3.38. The molecule has 1 saturated heterocycles. The maximum Gasteiger partial charge on any atom is 0.174 e. The van der Waals surface area contributed by atoms with Gasteiger partial charge >= 0.3 is 0 Å². The fourth-order valence-electron chi connectivity index (χ4n) is 4.03. The maximum atomic E-state index is 5.82. The molecule has 4 rings (SSSR count). The molecule has 3 heterocycles. The van der Waals surface area contributed by atoms with Crippen LogP contribution in [0.25, 0.3) is 0 Å². The molecule has 6 nitrogen and oxygen atoms in total. The number of pyridine rings is 1. The van der Waals surface area contributed by atoms with E-state index in [1.54, 1.807) is 14.2 Å². The van der Waals surface area contributed by atoms with E-state index in [1.165, 1.54) is 0 Å². The number of anilines is 1. The van der Waals surface area contributed by atoms with Gasteiger partial charge in [0.1, 0.15) is 17.5 Å². The number of hydrogen-bond donors (Lipinski definition) is 1. The first-order valence-electron chi connectivity index (χ1n) is 9.94. The fraction of sp³-hybridized carbons (Fsp3) is 0.304. The molecular weight excluding hydrogens is 396 g/mol. The van der Waals surface area contributed by atoms with E-state index in [0.29, 0.717) is 16.9 Å². The largest absolute Gasteiger partial charge is 0.497 e. The first-order valence-corrected chi connectivity index (χ1v) is 10.4. The van der Waals surface area contributed by atoms with Crippen LogP contribution in [0.2, 0.25) is 0 Å². The van der Waals surface area contributed by atoms with E-state index < -0.39 is 0 Å². The van der Waals surface area contributed by atoms with Crippen molar-refractivity contribution in [2.75, 3.05) is 19.1 Å². The topological polar surface area (TPSA) is 51.5 Å². The number of aromatic nitrogens is 2. The van der Waals surface area contributed by atoms with Crippen LogP contribution in [0.15, 0.2) is 60.9 Å². The molecule has 0 aliphatic carbocycles. The molecule has 2 atom stereocenters. The number of nitrogens with one attached hydrogen (secondary N) is 1. The van der Waals surface area contributed by atoms with Crippen LogP contribution < -0.4 is 19.7 Å². The minimum absolute atomic E-state index is 0.0907. The van der Waals surface area contributed by atoms with E-state index in [-0.39, 0.29) is 12.1 Å². The minimum atomic E-state index is -0.0992. The Kier molecular flexibility index (Phi) is 5.63. The highest BCUT2D eigenvalue weighted by Crippen LogP contribution is 2.45. The quantitative estimate of drug-likeness (QED) is 0.583. The average molecular weight is 423 g/mol. The monoisotopic (exact) mass is 422 g/mol. The molecule has 1 N–H and O–H groups in total. The number of hydrogen-bond acceptors (Lipinski definition) is 4. The molecule has 0 radical (unpaired) electrons. The van der Waals surface area contributed by atoms with Crippen molar-refractivity contribution in [2.24, 2.45) is 0 Å². The smallest absolute Gasteiger partial charge is 0.174 e. The highest BCUT2D eigenvalue weighted by atomic mass is 32.1. The van der Waals surface area contributed by atoms with E-state index in [9.17, 15) is 0 Å². The molecule has 156 valence electrons. The Morgan fingerprint density at radius 2 is 1.90 bits per heavy atom. The predicted molar refractivity (Wildman–Crippen MR) is 122 cm³/mol. The van der Waals surface area contributed by atoms with Crippen molar-refractivity contribution in [3.63, 3.8) is 0 Å². The van der Waals surface area contributed by atoms with Gasteiger partial charge in [0, 0.05) is 30.2 Å². The second-order valence-corrected chi connectivity index (χ2v) is 7.86. The van der Waals surface area contributed by atoms with E-state index in [0.717, 1.165) is 22.8 Å². The van der Waals surface area contributed by atoms with Crippen molar-refractivity contribution < 1.29 is 9.47 Å². The molecule has 1 aliphatic heterocycles. The van der Waals surface area contributed by atoms with E-state index in [4.69, 9.17) is 21.7 Å². The van der Waals surface area contributed by atoms with Gasteiger partial charge in [-0.1, -0.05) is 6.07 Å². The van der Waals surface area contributed by atoms with Gasteiger partial charge < -0.3 is 24.3 Å². The third-order valence-corrected chi connectivity index (χ3v) is 5.73. The Morgan fingerprint density at radius 1 is 1.07 bits per heavy atom. The van der Waals surface area contributed by atoms with Gasteiger partial charge in [0.2, 0.25) is 0 Å². The number of nitrogens with zero attached hydrogens (tertiary/aromatic N) is 3. The Balaban J connectivity index is 1.88. The summed E-state index contributed by atoms with van der Waals surface area (Å²) in [6.45, 7) is 4.36. The lowest BCUT2D eigenvalue weighted by Crippen LogP contribution is -2.31.